The fourth-order valence-corrected chi connectivity index (χ4v) is 2.56. The zero-order chi connectivity index (χ0) is 17.6. The first-order valence-corrected chi connectivity index (χ1v) is 7.96. The van der Waals surface area contributed by atoms with Crippen molar-refractivity contribution in [1.82, 2.24) is 0 Å². The molecule has 0 fully saturated rings. The average Bonchev–Trinajstić information content (AvgIpc) is 3.15. The first kappa shape index (κ1) is 16.8. The zero-order valence-electron chi connectivity index (χ0n) is 14.0. The summed E-state index contributed by atoms with van der Waals surface area (Å²) in [6, 6.07) is 18.8. The number of nitrogens with one attached hydrogen (secondary N) is 2. The average molecular weight is 336 g/mol. The molecule has 0 spiro atoms. The first-order chi connectivity index (χ1) is 12.2. The van der Waals surface area contributed by atoms with E-state index in [1.807, 2.05) is 48.5 Å². The molecule has 3 N–H and O–H groups in total. The maximum atomic E-state index is 9.12. The minimum atomic E-state index is -0.178. The van der Waals surface area contributed by atoms with Crippen molar-refractivity contribution in [3.05, 3.63) is 83.3 Å². The Kier molecular flexibility index (Phi) is 5.16. The predicted octanol–water partition coefficient (Wildman–Crippen LogP) is 3.81. The second kappa shape index (κ2) is 7.68. The van der Waals surface area contributed by atoms with Crippen LogP contribution < -0.4 is 10.1 Å². The normalized spacial score (nSPS) is 10.5. The number of benzene rings is 2. The van der Waals surface area contributed by atoms with Crippen LogP contribution in [0.25, 0.3) is 0 Å². The van der Waals surface area contributed by atoms with Crippen LogP contribution >= 0.6 is 0 Å². The Balaban J connectivity index is 1.79. The van der Waals surface area contributed by atoms with Gasteiger partial charge in [0.15, 0.2) is 5.76 Å². The fourth-order valence-electron chi connectivity index (χ4n) is 2.56. The van der Waals surface area contributed by atoms with E-state index in [9.17, 15) is 0 Å². The highest BCUT2D eigenvalue weighted by molar-refractivity contribution is 6.12. The summed E-state index contributed by atoms with van der Waals surface area (Å²) in [5.74, 6) is 1.69. The van der Waals surface area contributed by atoms with Gasteiger partial charge in [0.2, 0.25) is 0 Å². The van der Waals surface area contributed by atoms with E-state index in [4.69, 9.17) is 19.7 Å². The molecule has 0 aliphatic heterocycles. The second-order valence-corrected chi connectivity index (χ2v) is 5.55. The number of hydrogen-bond donors (Lipinski definition) is 3. The van der Waals surface area contributed by atoms with E-state index in [0.717, 1.165) is 22.6 Å². The van der Waals surface area contributed by atoms with Gasteiger partial charge in [-0.15, -0.1) is 0 Å². The van der Waals surface area contributed by atoms with Gasteiger partial charge in [0, 0.05) is 17.8 Å². The van der Waals surface area contributed by atoms with Crippen molar-refractivity contribution in [3.8, 4) is 5.75 Å². The predicted molar refractivity (Wildman–Crippen MR) is 97.3 cm³/mol. The lowest BCUT2D eigenvalue weighted by molar-refractivity contribution is 0.246. The minimum Gasteiger partial charge on any atom is -0.497 e. The lowest BCUT2D eigenvalue weighted by atomic mass is 10.1. The lowest BCUT2D eigenvalue weighted by Crippen LogP contribution is -2.07. The molecule has 0 saturated carbocycles. The summed E-state index contributed by atoms with van der Waals surface area (Å²) >= 11 is 0. The second-order valence-electron chi connectivity index (χ2n) is 5.55. The lowest BCUT2D eigenvalue weighted by Gasteiger charge is -2.12. The largest absolute Gasteiger partial charge is 0.497 e. The van der Waals surface area contributed by atoms with E-state index in [1.165, 1.54) is 0 Å². The van der Waals surface area contributed by atoms with Crippen LogP contribution in [-0.4, -0.2) is 17.9 Å². The Hall–Kier alpha value is -3.05. The summed E-state index contributed by atoms with van der Waals surface area (Å²) in [6.45, 7) is 0.435. The van der Waals surface area contributed by atoms with Gasteiger partial charge in [0.1, 0.15) is 23.8 Å². The molecule has 0 radical (unpaired) electrons. The van der Waals surface area contributed by atoms with Crippen molar-refractivity contribution in [2.24, 2.45) is 0 Å². The zero-order valence-corrected chi connectivity index (χ0v) is 14.0. The smallest absolute Gasteiger partial charge is 0.152 e. The van der Waals surface area contributed by atoms with Gasteiger partial charge < -0.3 is 19.6 Å². The third kappa shape index (κ3) is 3.89. The summed E-state index contributed by atoms with van der Waals surface area (Å²) in [5, 5.41) is 20.9. The quantitative estimate of drug-likeness (QED) is 0.573. The van der Waals surface area contributed by atoms with Crippen LogP contribution in [0.1, 0.15) is 22.6 Å². The molecule has 5 heteroatoms. The molecule has 3 aromatic rings. The van der Waals surface area contributed by atoms with Crippen LogP contribution in [0, 0.1) is 5.41 Å². The Morgan fingerprint density at radius 3 is 2.72 bits per heavy atom. The molecule has 128 valence electrons. The Morgan fingerprint density at radius 2 is 1.96 bits per heavy atom. The number of ether oxygens (including phenoxy) is 1. The van der Waals surface area contributed by atoms with Gasteiger partial charge in [-0.25, -0.2) is 0 Å². The van der Waals surface area contributed by atoms with Crippen molar-refractivity contribution in [2.45, 2.75) is 13.2 Å². The third-order valence-electron chi connectivity index (χ3n) is 3.88. The number of para-hydroxylation sites is 1. The molecule has 1 aromatic heterocycles. The summed E-state index contributed by atoms with van der Waals surface area (Å²) < 4.78 is 10.7. The van der Waals surface area contributed by atoms with Crippen LogP contribution in [0.4, 0.5) is 5.69 Å². The van der Waals surface area contributed by atoms with Crippen LogP contribution in [0.5, 0.6) is 5.75 Å². The van der Waals surface area contributed by atoms with Crippen LogP contribution in [0.3, 0.4) is 0 Å². The van der Waals surface area contributed by atoms with Crippen molar-refractivity contribution in [2.75, 3.05) is 12.4 Å². The molecule has 5 nitrogen and oxygen atoms in total. The Labute approximate surface area is 146 Å². The standard InChI is InChI=1S/C20H20N2O3/c1-24-15-6-4-5-14(11-15)12-22-18-8-3-2-7-17(18)20(21)19-10-9-16(13-23)25-19/h2-11,21-23H,12-13H2,1H3. The highest BCUT2D eigenvalue weighted by Gasteiger charge is 2.13. The van der Waals surface area contributed by atoms with Gasteiger partial charge in [-0.05, 0) is 35.9 Å². The molecule has 0 atom stereocenters. The van der Waals surface area contributed by atoms with E-state index in [0.29, 0.717) is 18.1 Å². The van der Waals surface area contributed by atoms with E-state index in [-0.39, 0.29) is 12.3 Å². The number of anilines is 1. The van der Waals surface area contributed by atoms with Gasteiger partial charge in [0.25, 0.3) is 0 Å². The molecule has 2 aromatic carbocycles. The van der Waals surface area contributed by atoms with Crippen molar-refractivity contribution >= 4 is 11.4 Å². The van der Waals surface area contributed by atoms with Crippen molar-refractivity contribution in [1.29, 1.82) is 5.41 Å². The molecule has 3 rings (SSSR count). The molecule has 1 heterocycles. The van der Waals surface area contributed by atoms with Gasteiger partial charge in [-0.2, -0.15) is 0 Å². The molecule has 0 aliphatic carbocycles. The summed E-state index contributed by atoms with van der Waals surface area (Å²) in [4.78, 5) is 0. The van der Waals surface area contributed by atoms with E-state index >= 15 is 0 Å². The van der Waals surface area contributed by atoms with Gasteiger partial charge in [0.05, 0.1) is 7.11 Å². The molecule has 0 bridgehead atoms. The molecule has 0 saturated heterocycles. The Morgan fingerprint density at radius 1 is 1.12 bits per heavy atom. The number of furan rings is 1. The van der Waals surface area contributed by atoms with Crippen LogP contribution in [0.15, 0.2) is 65.1 Å². The van der Waals surface area contributed by atoms with Gasteiger partial charge in [-0.1, -0.05) is 30.3 Å². The van der Waals surface area contributed by atoms with Crippen LogP contribution in [-0.2, 0) is 13.2 Å². The topological polar surface area (TPSA) is 78.5 Å². The number of aliphatic hydroxyl groups excluding tert-OH is 1. The third-order valence-corrected chi connectivity index (χ3v) is 3.88. The first-order valence-electron chi connectivity index (χ1n) is 7.96. The monoisotopic (exact) mass is 336 g/mol. The summed E-state index contributed by atoms with van der Waals surface area (Å²) in [6.07, 6.45) is 0. The van der Waals surface area contributed by atoms with Crippen molar-refractivity contribution < 1.29 is 14.3 Å². The Bertz CT molecular complexity index is 871. The van der Waals surface area contributed by atoms with Gasteiger partial charge >= 0.3 is 0 Å². The summed E-state index contributed by atoms with van der Waals surface area (Å²) in [7, 11) is 1.65. The van der Waals surface area contributed by atoms with Gasteiger partial charge in [-0.3, -0.25) is 5.41 Å². The van der Waals surface area contributed by atoms with E-state index in [2.05, 4.69) is 5.32 Å². The maximum Gasteiger partial charge on any atom is 0.152 e. The molecular weight excluding hydrogens is 316 g/mol. The maximum absolute atomic E-state index is 9.12. The molecule has 0 amide bonds. The minimum absolute atomic E-state index is 0.178. The SMILES string of the molecule is COc1cccc(CNc2ccccc2C(=N)c2ccc(CO)o2)c1. The highest BCUT2D eigenvalue weighted by atomic mass is 16.5. The molecule has 0 unspecified atom stereocenters. The van der Waals surface area contributed by atoms with E-state index in [1.54, 1.807) is 19.2 Å². The van der Waals surface area contributed by atoms with E-state index < -0.39 is 0 Å². The van der Waals surface area contributed by atoms with Crippen LogP contribution in [0.2, 0.25) is 0 Å². The number of hydrogen-bond acceptors (Lipinski definition) is 5. The highest BCUT2D eigenvalue weighted by Crippen LogP contribution is 2.22. The number of rotatable bonds is 7. The summed E-state index contributed by atoms with van der Waals surface area (Å²) in [5.41, 5.74) is 2.94. The fraction of sp³-hybridized carbons (Fsp3) is 0.150. The molecular formula is C20H20N2O3. The number of aliphatic hydroxyl groups is 1. The molecule has 0 aliphatic rings. The van der Waals surface area contributed by atoms with Crippen molar-refractivity contribution in [3.63, 3.8) is 0 Å². The molecule has 25 heavy (non-hydrogen) atoms. The number of methoxy groups -OCH3 is 1.